The van der Waals surface area contributed by atoms with Gasteiger partial charge in [0, 0.05) is 31.6 Å². The van der Waals surface area contributed by atoms with Gasteiger partial charge in [-0.2, -0.15) is 0 Å². The largest absolute Gasteiger partial charge is 0.360 e. The van der Waals surface area contributed by atoms with Gasteiger partial charge >= 0.3 is 0 Å². The van der Waals surface area contributed by atoms with E-state index in [-0.39, 0.29) is 36.1 Å². The number of nitrogens with one attached hydrogen (secondary N) is 1. The van der Waals surface area contributed by atoms with Crippen molar-refractivity contribution in [3.8, 4) is 0 Å². The van der Waals surface area contributed by atoms with Crippen molar-refractivity contribution in [1.82, 2.24) is 15.1 Å². The number of hydrogen-bond donors (Lipinski definition) is 1. The molecular weight excluding hydrogens is 367 g/mol. The van der Waals surface area contributed by atoms with Crippen molar-refractivity contribution in [2.45, 2.75) is 37.4 Å². The molecule has 3 atom stereocenters. The van der Waals surface area contributed by atoms with Gasteiger partial charge in [0.1, 0.15) is 11.9 Å². The highest BCUT2D eigenvalue weighted by atomic mass is 19.1. The molecule has 2 unspecified atom stereocenters. The number of fused-ring (bicyclic) bond motifs is 3. The third-order valence-electron chi connectivity index (χ3n) is 6.16. The van der Waals surface area contributed by atoms with Crippen LogP contribution >= 0.6 is 0 Å². The fourth-order valence-corrected chi connectivity index (χ4v) is 4.89. The lowest BCUT2D eigenvalue weighted by Crippen LogP contribution is -2.68. The summed E-state index contributed by atoms with van der Waals surface area (Å²) in [5.74, 6) is -2.95. The summed E-state index contributed by atoms with van der Waals surface area (Å²) in [5.41, 5.74) is 0.419. The lowest BCUT2D eigenvalue weighted by molar-refractivity contribution is -0.136. The molecule has 0 aliphatic carbocycles. The minimum absolute atomic E-state index is 0.0289. The molecule has 4 saturated heterocycles. The van der Waals surface area contributed by atoms with E-state index in [4.69, 9.17) is 0 Å². The molecule has 0 radical (unpaired) electrons. The zero-order valence-corrected chi connectivity index (χ0v) is 15.3. The van der Waals surface area contributed by atoms with E-state index < -0.39 is 35.5 Å². The fraction of sp³-hybridized carbons (Fsp3) is 0.474. The number of nitrogens with zero attached hydrogens (tertiary/aromatic N) is 3. The summed E-state index contributed by atoms with van der Waals surface area (Å²) in [4.78, 5) is 54.2. The Morgan fingerprint density at radius 3 is 2.32 bits per heavy atom. The molecule has 4 amide bonds. The van der Waals surface area contributed by atoms with Crippen LogP contribution in [-0.4, -0.2) is 71.7 Å². The molecule has 2 bridgehead atoms. The molecule has 28 heavy (non-hydrogen) atoms. The molecular formula is C19H19FN4O4. The predicted molar refractivity (Wildman–Crippen MR) is 95.2 cm³/mol. The molecule has 1 aromatic rings. The Kier molecular flexibility index (Phi) is 3.61. The zero-order chi connectivity index (χ0) is 19.7. The van der Waals surface area contributed by atoms with E-state index in [0.717, 1.165) is 30.5 Å². The number of anilines is 1. The molecule has 4 fully saturated rings. The predicted octanol–water partition coefficient (Wildman–Crippen LogP) is 0.120. The number of hydrogen-bond acceptors (Lipinski definition) is 6. The van der Waals surface area contributed by atoms with Gasteiger partial charge in [0.2, 0.25) is 11.8 Å². The Morgan fingerprint density at radius 1 is 1.04 bits per heavy atom. The number of rotatable bonds is 2. The first-order valence-electron chi connectivity index (χ1n) is 9.37. The van der Waals surface area contributed by atoms with Gasteiger partial charge in [0.05, 0.1) is 16.8 Å². The molecule has 1 N–H and O–H groups in total. The minimum atomic E-state index is -1.05. The van der Waals surface area contributed by atoms with E-state index in [1.165, 1.54) is 6.07 Å². The average molecular weight is 386 g/mol. The van der Waals surface area contributed by atoms with Gasteiger partial charge in [-0.15, -0.1) is 0 Å². The van der Waals surface area contributed by atoms with Crippen LogP contribution in [0.1, 0.15) is 40.0 Å². The molecule has 146 valence electrons. The lowest BCUT2D eigenvalue weighted by Gasteiger charge is -2.57. The first-order valence-corrected chi connectivity index (χ1v) is 9.37. The smallest absolute Gasteiger partial charge is 0.262 e. The second-order valence-corrected chi connectivity index (χ2v) is 7.97. The first-order chi connectivity index (χ1) is 13.3. The molecule has 6 rings (SSSR count). The maximum absolute atomic E-state index is 14.9. The van der Waals surface area contributed by atoms with Crippen molar-refractivity contribution >= 4 is 29.3 Å². The van der Waals surface area contributed by atoms with Crippen LogP contribution in [0.5, 0.6) is 0 Å². The second-order valence-electron chi connectivity index (χ2n) is 7.97. The van der Waals surface area contributed by atoms with Gasteiger partial charge in [0.15, 0.2) is 0 Å². The van der Waals surface area contributed by atoms with Crippen LogP contribution in [0.2, 0.25) is 0 Å². The molecule has 0 saturated carbocycles. The van der Waals surface area contributed by atoms with Crippen LogP contribution < -0.4 is 10.2 Å². The van der Waals surface area contributed by atoms with Crippen LogP contribution in [0.25, 0.3) is 0 Å². The molecule has 9 heteroatoms. The third-order valence-corrected chi connectivity index (χ3v) is 6.16. The Balaban J connectivity index is 1.48. The van der Waals surface area contributed by atoms with E-state index in [2.05, 4.69) is 10.2 Å². The van der Waals surface area contributed by atoms with Crippen molar-refractivity contribution < 1.29 is 23.6 Å². The summed E-state index contributed by atoms with van der Waals surface area (Å²) in [6.07, 6.45) is 1.11. The normalized spacial score (nSPS) is 29.7. The summed E-state index contributed by atoms with van der Waals surface area (Å²) in [5, 5.41) is 2.15. The van der Waals surface area contributed by atoms with Gasteiger partial charge < -0.3 is 9.80 Å². The average Bonchev–Trinajstić information content (AvgIpc) is 2.86. The van der Waals surface area contributed by atoms with Crippen LogP contribution in [-0.2, 0) is 9.59 Å². The van der Waals surface area contributed by atoms with Gasteiger partial charge in [-0.25, -0.2) is 4.39 Å². The molecule has 8 nitrogen and oxygen atoms in total. The monoisotopic (exact) mass is 386 g/mol. The van der Waals surface area contributed by atoms with E-state index in [1.807, 2.05) is 11.9 Å². The van der Waals surface area contributed by atoms with Gasteiger partial charge in [-0.05, 0) is 32.0 Å². The van der Waals surface area contributed by atoms with Gasteiger partial charge in [0.25, 0.3) is 11.8 Å². The van der Waals surface area contributed by atoms with Crippen molar-refractivity contribution in [2.75, 3.05) is 25.0 Å². The Hall–Kier alpha value is -2.81. The molecule has 0 spiro atoms. The third kappa shape index (κ3) is 2.32. The van der Waals surface area contributed by atoms with Crippen LogP contribution in [0, 0.1) is 5.82 Å². The van der Waals surface area contributed by atoms with E-state index in [0.29, 0.717) is 5.69 Å². The maximum Gasteiger partial charge on any atom is 0.262 e. The van der Waals surface area contributed by atoms with Crippen LogP contribution in [0.4, 0.5) is 10.1 Å². The molecule has 0 aromatic heterocycles. The number of piperidine rings is 2. The molecule has 5 heterocycles. The molecule has 1 aromatic carbocycles. The molecule has 5 aliphatic rings. The maximum atomic E-state index is 14.9. The van der Waals surface area contributed by atoms with Crippen LogP contribution in [0.15, 0.2) is 12.1 Å². The van der Waals surface area contributed by atoms with E-state index in [9.17, 15) is 23.6 Å². The summed E-state index contributed by atoms with van der Waals surface area (Å²) >= 11 is 0. The number of likely N-dealkylation sites (N-methyl/N-ethyl adjacent to an activating group) is 1. The quantitative estimate of drug-likeness (QED) is 0.727. The van der Waals surface area contributed by atoms with Crippen LogP contribution in [0.3, 0.4) is 0 Å². The number of carbonyl (C=O) groups is 4. The highest BCUT2D eigenvalue weighted by Gasteiger charge is 2.48. The summed E-state index contributed by atoms with van der Waals surface area (Å²) in [7, 11) is 2.02. The zero-order valence-electron chi connectivity index (χ0n) is 15.3. The SMILES string of the molecule is CN1CC2CC(C1)N2c1cc2c(cc1F)C(=O)N([C@H]1CCC(=O)NC1=O)C2=O. The first kappa shape index (κ1) is 17.3. The number of piperazine rings is 1. The van der Waals surface area contributed by atoms with Gasteiger partial charge in [-0.3, -0.25) is 29.4 Å². The van der Waals surface area contributed by atoms with Crippen molar-refractivity contribution in [3.63, 3.8) is 0 Å². The standard InChI is InChI=1S/C19H19FN4O4/c1-22-7-9-4-10(8-22)23(9)15-6-12-11(5-13(15)20)18(27)24(19(12)28)14-2-3-16(25)21-17(14)26/h5-6,9-10,14H,2-4,7-8H2,1H3,(H,21,25,26)/t9?,10?,14-/m0/s1. The summed E-state index contributed by atoms with van der Waals surface area (Å²) < 4.78 is 14.9. The lowest BCUT2D eigenvalue weighted by atomic mass is 9.86. The number of amides is 4. The van der Waals surface area contributed by atoms with E-state index in [1.54, 1.807) is 0 Å². The summed E-state index contributed by atoms with van der Waals surface area (Å²) in [6.45, 7) is 1.64. The highest BCUT2D eigenvalue weighted by molar-refractivity contribution is 6.23. The number of benzene rings is 1. The van der Waals surface area contributed by atoms with Crippen molar-refractivity contribution in [3.05, 3.63) is 29.1 Å². The number of carbonyl (C=O) groups excluding carboxylic acids is 4. The highest BCUT2D eigenvalue weighted by Crippen LogP contribution is 2.40. The van der Waals surface area contributed by atoms with Crippen molar-refractivity contribution in [2.24, 2.45) is 0 Å². The van der Waals surface area contributed by atoms with Gasteiger partial charge in [-0.1, -0.05) is 0 Å². The number of halogens is 1. The van der Waals surface area contributed by atoms with Crippen molar-refractivity contribution in [1.29, 1.82) is 0 Å². The minimum Gasteiger partial charge on any atom is -0.360 e. The Labute approximate surface area is 160 Å². The second kappa shape index (κ2) is 5.84. The fourth-order valence-electron chi connectivity index (χ4n) is 4.89. The Bertz CT molecular complexity index is 936. The Morgan fingerprint density at radius 2 is 1.68 bits per heavy atom. The van der Waals surface area contributed by atoms with E-state index >= 15 is 0 Å². The summed E-state index contributed by atoms with van der Waals surface area (Å²) in [6, 6.07) is 1.88. The topological polar surface area (TPSA) is 90.0 Å². The number of imide groups is 2. The molecule has 5 aliphatic heterocycles.